The lowest BCUT2D eigenvalue weighted by Gasteiger charge is -2.28. The summed E-state index contributed by atoms with van der Waals surface area (Å²) >= 11 is 0. The van der Waals surface area contributed by atoms with E-state index in [4.69, 9.17) is 0 Å². The van der Waals surface area contributed by atoms with Crippen molar-refractivity contribution >= 4 is 21.6 Å². The highest BCUT2D eigenvalue weighted by Gasteiger charge is 2.49. The van der Waals surface area contributed by atoms with E-state index < -0.39 is 15.6 Å². The van der Waals surface area contributed by atoms with Gasteiger partial charge in [0.1, 0.15) is 5.54 Å². The van der Waals surface area contributed by atoms with Crippen LogP contribution in [0.5, 0.6) is 0 Å². The topological polar surface area (TPSA) is 78.5 Å². The van der Waals surface area contributed by atoms with E-state index in [-0.39, 0.29) is 17.2 Å². The Kier molecular flexibility index (Phi) is 4.70. The number of hydrogen-bond donors (Lipinski definition) is 2. The van der Waals surface area contributed by atoms with Gasteiger partial charge in [-0.15, -0.1) is 11.4 Å². The number of para-hydroxylation sites is 1. The molecule has 7 heteroatoms. The molecule has 2 aromatic carbocycles. The van der Waals surface area contributed by atoms with Gasteiger partial charge in [0.05, 0.1) is 4.90 Å². The summed E-state index contributed by atoms with van der Waals surface area (Å²) in [5.74, 6) is -0.245. The van der Waals surface area contributed by atoms with E-state index in [1.807, 2.05) is 31.2 Å². The van der Waals surface area contributed by atoms with E-state index in [1.165, 1.54) is 17.0 Å². The van der Waals surface area contributed by atoms with Crippen LogP contribution in [0, 0.1) is 6.92 Å². The molecule has 2 N–H and O–H groups in total. The Bertz CT molecular complexity index is 954. The van der Waals surface area contributed by atoms with Gasteiger partial charge in [0, 0.05) is 18.3 Å². The molecule has 3 rings (SSSR count). The average molecular weight is 371 g/mol. The zero-order chi connectivity index (χ0) is 18.9. The van der Waals surface area contributed by atoms with Gasteiger partial charge in [-0.1, -0.05) is 42.0 Å². The Balaban J connectivity index is 1.96. The monoisotopic (exact) mass is 371 g/mol. The number of rotatable bonds is 6. The van der Waals surface area contributed by atoms with E-state index in [0.29, 0.717) is 5.56 Å². The van der Waals surface area contributed by atoms with E-state index in [1.54, 1.807) is 25.3 Å². The van der Waals surface area contributed by atoms with Crippen LogP contribution in [0.25, 0.3) is 0 Å². The molecule has 1 atom stereocenters. The first-order valence-electron chi connectivity index (χ1n) is 8.16. The third-order valence-corrected chi connectivity index (χ3v) is 5.84. The second-order valence-corrected chi connectivity index (χ2v) is 8.01. The number of likely N-dealkylation sites (N-methyl/N-ethyl adjacent to an activating group) is 1. The molecule has 0 aliphatic carbocycles. The molecule has 0 radical (unpaired) electrons. The number of aryl methyl sites for hydroxylation is 1. The largest absolute Gasteiger partial charge is 0.313 e. The van der Waals surface area contributed by atoms with Gasteiger partial charge in [-0.2, -0.15) is 0 Å². The maximum absolute atomic E-state index is 13.0. The molecular weight excluding hydrogens is 350 g/mol. The van der Waals surface area contributed by atoms with E-state index >= 15 is 0 Å². The molecule has 2 aromatic rings. The Morgan fingerprint density at radius 1 is 1.15 bits per heavy atom. The summed E-state index contributed by atoms with van der Waals surface area (Å²) in [4.78, 5) is 17.0. The van der Waals surface area contributed by atoms with Gasteiger partial charge in [-0.05, 0) is 31.5 Å². The number of hydrogen-bond acceptors (Lipinski definition) is 4. The van der Waals surface area contributed by atoms with Crippen molar-refractivity contribution < 1.29 is 13.2 Å². The quantitative estimate of drug-likeness (QED) is 0.603. The summed E-state index contributed by atoms with van der Waals surface area (Å²) in [6.07, 6.45) is 1.84. The fraction of sp³-hybridized carbons (Fsp3) is 0.211. The number of amides is 1. The maximum Gasteiger partial charge on any atom is 0.253 e. The lowest BCUT2D eigenvalue weighted by Crippen LogP contribution is -2.56. The molecule has 0 saturated heterocycles. The number of carbonyl (C=O) groups excluding carboxylic acids is 1. The fourth-order valence-electron chi connectivity index (χ4n) is 3.15. The van der Waals surface area contributed by atoms with Gasteiger partial charge in [0.25, 0.3) is 15.9 Å². The third-order valence-electron chi connectivity index (χ3n) is 4.58. The van der Waals surface area contributed by atoms with Gasteiger partial charge in [-0.3, -0.25) is 4.79 Å². The van der Waals surface area contributed by atoms with Crippen molar-refractivity contribution in [1.29, 1.82) is 0 Å². The Morgan fingerprint density at radius 3 is 2.46 bits per heavy atom. The number of anilines is 1. The molecule has 6 nitrogen and oxygen atoms in total. The number of nitrogens with one attached hydrogen (secondary N) is 2. The molecule has 1 amide bonds. The molecule has 0 saturated carbocycles. The predicted molar refractivity (Wildman–Crippen MR) is 101 cm³/mol. The van der Waals surface area contributed by atoms with Crippen molar-refractivity contribution in [1.82, 2.24) is 10.3 Å². The number of nitrogens with zero attached hydrogens (tertiary/aromatic N) is 1. The summed E-state index contributed by atoms with van der Waals surface area (Å²) in [6, 6.07) is 13.8. The summed E-state index contributed by atoms with van der Waals surface area (Å²) < 4.78 is 25.2. The van der Waals surface area contributed by atoms with Crippen LogP contribution >= 0.6 is 0 Å². The fourth-order valence-corrected chi connectivity index (χ4v) is 4.07. The van der Waals surface area contributed by atoms with Crippen LogP contribution in [0.3, 0.4) is 0 Å². The minimum absolute atomic E-state index is 0.122. The molecule has 26 heavy (non-hydrogen) atoms. The summed E-state index contributed by atoms with van der Waals surface area (Å²) in [6.45, 7) is 5.61. The Hall–Kier alpha value is -2.48. The second kappa shape index (κ2) is 6.68. The highest BCUT2D eigenvalue weighted by molar-refractivity contribution is 7.89. The van der Waals surface area contributed by atoms with Crippen LogP contribution in [0.4, 0.5) is 5.69 Å². The molecule has 0 spiro atoms. The lowest BCUT2D eigenvalue weighted by molar-refractivity contribution is -0.124. The maximum atomic E-state index is 13.0. The molecule has 1 heterocycles. The van der Waals surface area contributed by atoms with Gasteiger partial charge in [-0.25, -0.2) is 13.8 Å². The molecule has 0 fully saturated rings. The van der Waals surface area contributed by atoms with Crippen LogP contribution in [-0.2, 0) is 20.4 Å². The van der Waals surface area contributed by atoms with Crippen LogP contribution in [0.2, 0.25) is 0 Å². The smallest absolute Gasteiger partial charge is 0.253 e. The first-order chi connectivity index (χ1) is 12.3. The number of carbonyl (C=O) groups is 1. The van der Waals surface area contributed by atoms with Crippen molar-refractivity contribution in [2.75, 3.05) is 11.9 Å². The minimum atomic E-state index is -3.83. The summed E-state index contributed by atoms with van der Waals surface area (Å²) in [5.41, 5.74) is 3.96. The molecule has 136 valence electrons. The van der Waals surface area contributed by atoms with Crippen molar-refractivity contribution in [2.24, 2.45) is 0 Å². The number of hydrazine groups is 1. The van der Waals surface area contributed by atoms with E-state index in [2.05, 4.69) is 16.8 Å². The van der Waals surface area contributed by atoms with Crippen LogP contribution < -0.4 is 15.2 Å². The van der Waals surface area contributed by atoms with Crippen molar-refractivity contribution in [2.45, 2.75) is 23.8 Å². The normalized spacial score (nSPS) is 19.5. The molecule has 1 unspecified atom stereocenters. The molecule has 0 bridgehead atoms. The highest BCUT2D eigenvalue weighted by Crippen LogP contribution is 2.41. The molecule has 0 aromatic heterocycles. The molecule has 1 aliphatic heterocycles. The zero-order valence-corrected chi connectivity index (χ0v) is 15.5. The molecule has 1 aliphatic rings. The van der Waals surface area contributed by atoms with Gasteiger partial charge >= 0.3 is 0 Å². The average Bonchev–Trinajstić information content (AvgIpc) is 2.84. The van der Waals surface area contributed by atoms with Gasteiger partial charge in [0.2, 0.25) is 0 Å². The standard InChI is InChI=1S/C19H21N3O3S/c1-4-13-19(16-7-5-6-8-17(16)22(3)18(19)23)20-21-26(24,25)15-11-9-14(2)10-12-15/h4-12,20-21H,1,13H2,2-3H3. The first kappa shape index (κ1) is 18.3. The number of fused-ring (bicyclic) bond motifs is 1. The van der Waals surface area contributed by atoms with Gasteiger partial charge in [0.15, 0.2) is 0 Å². The zero-order valence-electron chi connectivity index (χ0n) is 14.7. The third kappa shape index (κ3) is 2.94. The van der Waals surface area contributed by atoms with Crippen LogP contribution in [0.1, 0.15) is 17.5 Å². The predicted octanol–water partition coefficient (Wildman–Crippen LogP) is 2.23. The SMILES string of the molecule is C=CCC1(NNS(=O)(=O)c2ccc(C)cc2)C(=O)N(C)c2ccccc21. The number of sulfonamides is 1. The van der Waals surface area contributed by atoms with E-state index in [9.17, 15) is 13.2 Å². The first-order valence-corrected chi connectivity index (χ1v) is 9.64. The minimum Gasteiger partial charge on any atom is -0.313 e. The summed E-state index contributed by atoms with van der Waals surface area (Å²) in [7, 11) is -2.16. The molecular formula is C19H21N3O3S. The Labute approximate surface area is 153 Å². The van der Waals surface area contributed by atoms with Crippen molar-refractivity contribution in [3.63, 3.8) is 0 Å². The Morgan fingerprint density at radius 2 is 1.81 bits per heavy atom. The number of benzene rings is 2. The van der Waals surface area contributed by atoms with Crippen molar-refractivity contribution in [3.05, 3.63) is 72.3 Å². The summed E-state index contributed by atoms with van der Waals surface area (Å²) in [5, 5.41) is 0. The van der Waals surface area contributed by atoms with E-state index in [0.717, 1.165) is 11.3 Å². The van der Waals surface area contributed by atoms with Crippen LogP contribution in [0.15, 0.2) is 66.1 Å². The second-order valence-electron chi connectivity index (χ2n) is 6.32. The lowest BCUT2D eigenvalue weighted by atomic mass is 9.88. The van der Waals surface area contributed by atoms with Crippen LogP contribution in [-0.4, -0.2) is 21.4 Å². The van der Waals surface area contributed by atoms with Gasteiger partial charge < -0.3 is 4.90 Å². The van der Waals surface area contributed by atoms with Crippen molar-refractivity contribution in [3.8, 4) is 0 Å². The highest BCUT2D eigenvalue weighted by atomic mass is 32.2.